The summed E-state index contributed by atoms with van der Waals surface area (Å²) in [4.78, 5) is 79.2. The van der Waals surface area contributed by atoms with Crippen molar-refractivity contribution in [2.45, 2.75) is 139 Å². The van der Waals surface area contributed by atoms with E-state index >= 15 is 0 Å². The van der Waals surface area contributed by atoms with Gasteiger partial charge in [0, 0.05) is 45.0 Å². The van der Waals surface area contributed by atoms with Crippen LogP contribution < -0.4 is 18.9 Å². The standard InChI is InChI=1S/2C20H22O3.C11H14O2.C11H14O.2C9H10O2.C2H6/c2*1-20(2,3)16-9-5-14(6-10-16)18(21)13-19(22)15-7-11-17(23-4)12-8-15;1-11(2,3)9-6-4-8(5-7-9)10(12)13;1-11(2,3)10-6-4-9(8-12)5-7-10;2*1-7(10)8-3-5-9(11-2)6-4-8;1-2/h5-12H,13H2,1-4H3;5-13,22H,1-4H3;4-7H,1-3H3,(H,12,13);4-8H,1-3H3;2*3-6H,1-2H3;1-2H3. The van der Waals surface area contributed by atoms with Crippen LogP contribution in [0.25, 0.3) is 5.76 Å². The number of ketones is 5. The van der Waals surface area contributed by atoms with Gasteiger partial charge in [0.15, 0.2) is 28.9 Å². The van der Waals surface area contributed by atoms with Gasteiger partial charge in [-0.25, -0.2) is 4.79 Å². The van der Waals surface area contributed by atoms with Crippen LogP contribution in [0.2, 0.25) is 0 Å². The summed E-state index contributed by atoms with van der Waals surface area (Å²) in [5.41, 5.74) is 9.79. The summed E-state index contributed by atoms with van der Waals surface area (Å²) in [6, 6.07) is 57.5. The Balaban J connectivity index is 0.000000398. The molecule has 8 aromatic carbocycles. The van der Waals surface area contributed by atoms with E-state index in [9.17, 15) is 38.7 Å². The van der Waals surface area contributed by atoms with E-state index in [0.29, 0.717) is 50.4 Å². The third-order valence-corrected chi connectivity index (χ3v) is 14.4. The lowest BCUT2D eigenvalue weighted by Gasteiger charge is -2.18. The van der Waals surface area contributed by atoms with Crippen molar-refractivity contribution in [3.05, 3.63) is 267 Å². The van der Waals surface area contributed by atoms with Gasteiger partial charge in [-0.3, -0.25) is 28.8 Å². The molecule has 0 aliphatic rings. The van der Waals surface area contributed by atoms with Crippen molar-refractivity contribution >= 4 is 46.9 Å². The van der Waals surface area contributed by atoms with Crippen LogP contribution in [0.4, 0.5) is 0 Å². The van der Waals surface area contributed by atoms with Gasteiger partial charge in [-0.05, 0) is 167 Å². The monoisotopic (exact) mass is 1290 g/mol. The minimum Gasteiger partial charge on any atom is -0.507 e. The molecule has 0 saturated carbocycles. The Morgan fingerprint density at radius 2 is 0.568 bits per heavy atom. The summed E-state index contributed by atoms with van der Waals surface area (Å²) in [6.07, 6.45) is 1.99. The molecule has 0 amide bonds. The Morgan fingerprint density at radius 3 is 0.811 bits per heavy atom. The molecule has 13 heteroatoms. The Labute approximate surface area is 564 Å². The van der Waals surface area contributed by atoms with Gasteiger partial charge >= 0.3 is 5.97 Å². The molecule has 0 spiro atoms. The van der Waals surface area contributed by atoms with Crippen LogP contribution in [0, 0.1) is 0 Å². The highest BCUT2D eigenvalue weighted by Gasteiger charge is 2.19. The molecule has 0 bridgehead atoms. The van der Waals surface area contributed by atoms with Crippen LogP contribution in [-0.4, -0.2) is 79.8 Å². The normalized spacial score (nSPS) is 10.8. The van der Waals surface area contributed by atoms with E-state index < -0.39 is 5.97 Å². The van der Waals surface area contributed by atoms with Crippen LogP contribution >= 0.6 is 0 Å². The summed E-state index contributed by atoms with van der Waals surface area (Å²) in [5, 5.41) is 18.8. The van der Waals surface area contributed by atoms with Crippen molar-refractivity contribution in [2.75, 3.05) is 28.4 Å². The molecule has 8 rings (SSSR count). The van der Waals surface area contributed by atoms with Crippen LogP contribution in [-0.2, 0) is 21.7 Å². The second kappa shape index (κ2) is 38.9. The van der Waals surface area contributed by atoms with E-state index in [1.807, 2.05) is 74.5 Å². The molecule has 13 nitrogen and oxygen atoms in total. The quantitative estimate of drug-likeness (QED) is 0.0324. The number of aldehydes is 1. The van der Waals surface area contributed by atoms with E-state index in [-0.39, 0.29) is 62.8 Å². The SMILES string of the molecule is CC.CC(C)(C)c1ccc(C(=O)O)cc1.CC(C)(C)c1ccc(C=O)cc1.COc1ccc(C(=O)CC(=O)c2ccc(C(C)(C)C)cc2)cc1.COc1ccc(C(C)=O)cc1.COc1ccc(C(C)=O)cc1.COc1ccc(C(O)=CC(=O)c2ccc(C(C)(C)C)cc2)cc1. The van der Waals surface area contributed by atoms with E-state index in [0.717, 1.165) is 40.0 Å². The number of rotatable bonds is 15. The van der Waals surface area contributed by atoms with Crippen molar-refractivity contribution in [2.24, 2.45) is 0 Å². The summed E-state index contributed by atoms with van der Waals surface area (Å²) < 4.78 is 20.0. The Morgan fingerprint density at radius 1 is 0.337 bits per heavy atom. The van der Waals surface area contributed by atoms with Crippen molar-refractivity contribution in [1.29, 1.82) is 0 Å². The van der Waals surface area contributed by atoms with Gasteiger partial charge in [0.25, 0.3) is 0 Å². The van der Waals surface area contributed by atoms with Crippen LogP contribution in [0.5, 0.6) is 23.0 Å². The van der Waals surface area contributed by atoms with Crippen molar-refractivity contribution in [3.8, 4) is 23.0 Å². The number of ether oxygens (including phenoxy) is 4. The lowest BCUT2D eigenvalue weighted by molar-refractivity contribution is 0.0695. The highest BCUT2D eigenvalue weighted by molar-refractivity contribution is 6.13. The average Bonchev–Trinajstić information content (AvgIpc) is 0.935. The van der Waals surface area contributed by atoms with Crippen LogP contribution in [0.15, 0.2) is 200 Å². The molecular weight excluding hydrogens is 1190 g/mol. The second-order valence-corrected chi connectivity index (χ2v) is 25.7. The van der Waals surface area contributed by atoms with Crippen molar-refractivity contribution in [1.82, 2.24) is 0 Å². The van der Waals surface area contributed by atoms with Gasteiger partial charge in [-0.15, -0.1) is 0 Å². The first kappa shape index (κ1) is 81.1. The number of hydrogen-bond acceptors (Lipinski definition) is 12. The lowest BCUT2D eigenvalue weighted by Crippen LogP contribution is -2.12. The molecule has 0 unspecified atom stereocenters. The topological polar surface area (TPSA) is 197 Å². The zero-order valence-corrected chi connectivity index (χ0v) is 59.2. The number of carbonyl (C=O) groups is 7. The fourth-order valence-electron chi connectivity index (χ4n) is 8.30. The van der Waals surface area contributed by atoms with Gasteiger partial charge in [0.2, 0.25) is 0 Å². The zero-order chi connectivity index (χ0) is 71.9. The van der Waals surface area contributed by atoms with Crippen molar-refractivity contribution < 1.29 is 62.7 Å². The Kier molecular flexibility index (Phi) is 33.2. The molecule has 0 atom stereocenters. The maximum absolute atomic E-state index is 12.3. The third kappa shape index (κ3) is 28.8. The molecule has 0 aromatic heterocycles. The minimum atomic E-state index is -0.875. The highest BCUT2D eigenvalue weighted by atomic mass is 16.5. The van der Waals surface area contributed by atoms with Gasteiger partial charge in [0.05, 0.1) is 40.4 Å². The molecule has 504 valence electrons. The largest absolute Gasteiger partial charge is 0.507 e. The lowest BCUT2D eigenvalue weighted by atomic mass is 9.86. The first-order valence-corrected chi connectivity index (χ1v) is 31.3. The number of Topliss-reactive ketones (excluding diaryl/α,β-unsaturated/α-hetero) is 4. The van der Waals surface area contributed by atoms with Gasteiger partial charge in [-0.1, -0.05) is 182 Å². The number of aliphatic hydroxyl groups excluding tert-OH is 1. The minimum absolute atomic E-state index is 0.0422. The van der Waals surface area contributed by atoms with Gasteiger partial charge in [0.1, 0.15) is 35.0 Å². The number of aromatic carboxylic acids is 1. The molecule has 0 radical (unpaired) electrons. The number of carbonyl (C=O) groups excluding carboxylic acids is 6. The summed E-state index contributed by atoms with van der Waals surface area (Å²) in [6.45, 7) is 32.6. The molecule has 95 heavy (non-hydrogen) atoms. The number of methoxy groups -OCH3 is 4. The maximum Gasteiger partial charge on any atom is 0.335 e. The van der Waals surface area contributed by atoms with E-state index in [2.05, 4.69) is 83.1 Å². The second-order valence-electron chi connectivity index (χ2n) is 25.7. The first-order chi connectivity index (χ1) is 44.5. The molecular formula is C82H98O13. The zero-order valence-electron chi connectivity index (χ0n) is 59.2. The molecule has 0 aliphatic carbocycles. The summed E-state index contributed by atoms with van der Waals surface area (Å²) >= 11 is 0. The van der Waals surface area contributed by atoms with Crippen LogP contribution in [0.3, 0.4) is 0 Å². The maximum atomic E-state index is 12.3. The van der Waals surface area contributed by atoms with E-state index in [4.69, 9.17) is 24.1 Å². The molecule has 0 heterocycles. The smallest absolute Gasteiger partial charge is 0.335 e. The third-order valence-electron chi connectivity index (χ3n) is 14.4. The number of hydrogen-bond donors (Lipinski definition) is 2. The Bertz CT molecular complexity index is 3640. The van der Waals surface area contributed by atoms with Crippen molar-refractivity contribution in [3.63, 3.8) is 0 Å². The predicted octanol–water partition coefficient (Wildman–Crippen LogP) is 19.5. The van der Waals surface area contributed by atoms with Gasteiger partial charge < -0.3 is 29.2 Å². The van der Waals surface area contributed by atoms with E-state index in [1.165, 1.54) is 11.6 Å². The summed E-state index contributed by atoms with van der Waals surface area (Å²) in [7, 11) is 6.35. The highest BCUT2D eigenvalue weighted by Crippen LogP contribution is 2.27. The Hall–Kier alpha value is -10.0. The molecule has 8 aromatic rings. The van der Waals surface area contributed by atoms with Crippen LogP contribution in [0.1, 0.15) is 218 Å². The fourth-order valence-corrected chi connectivity index (χ4v) is 8.30. The molecule has 0 saturated heterocycles. The summed E-state index contributed by atoms with van der Waals surface area (Å²) in [5.74, 6) is 1.59. The molecule has 0 fully saturated rings. The van der Waals surface area contributed by atoms with E-state index in [1.54, 1.807) is 176 Å². The average molecular weight is 1290 g/mol. The fraction of sp³-hybridized carbons (Fsp3) is 0.305. The number of aliphatic hydroxyl groups is 1. The molecule has 0 aliphatic heterocycles. The number of benzene rings is 8. The van der Waals surface area contributed by atoms with Gasteiger partial charge in [-0.2, -0.15) is 0 Å². The number of carboxylic acids is 1. The molecule has 2 N–H and O–H groups in total. The first-order valence-electron chi connectivity index (χ1n) is 31.3. The predicted molar refractivity (Wildman–Crippen MR) is 384 cm³/mol. The number of carboxylic acid groups (broad SMARTS) is 1. The number of allylic oxidation sites excluding steroid dienone is 1.